The van der Waals surface area contributed by atoms with E-state index in [1.54, 1.807) is 11.3 Å². The Morgan fingerprint density at radius 1 is 1.56 bits per heavy atom. The van der Waals surface area contributed by atoms with E-state index in [0.29, 0.717) is 0 Å². The molecule has 1 aromatic heterocycles. The molecule has 9 heavy (non-hydrogen) atoms. The first-order valence-corrected chi connectivity index (χ1v) is 3.59. The van der Waals surface area contributed by atoms with Crippen molar-refractivity contribution in [2.75, 3.05) is 5.43 Å². The smallest absolute Gasteiger partial charge is 0.103 e. The summed E-state index contributed by atoms with van der Waals surface area (Å²) in [5.74, 6) is 5.19. The number of hydrogen-bond acceptors (Lipinski definition) is 3. The summed E-state index contributed by atoms with van der Waals surface area (Å²) in [5.41, 5.74) is 3.91. The van der Waals surface area contributed by atoms with Crippen LogP contribution in [0, 0.1) is 13.8 Å². The van der Waals surface area contributed by atoms with E-state index in [1.807, 2.05) is 6.07 Å². The number of thiophene rings is 1. The zero-order chi connectivity index (χ0) is 6.85. The van der Waals surface area contributed by atoms with Crippen molar-refractivity contribution in [1.29, 1.82) is 0 Å². The summed E-state index contributed by atoms with van der Waals surface area (Å²) in [5, 5.41) is 1.03. The largest absolute Gasteiger partial charge is 0.315 e. The third-order valence-electron chi connectivity index (χ3n) is 1.31. The second-order valence-corrected chi connectivity index (χ2v) is 3.25. The van der Waals surface area contributed by atoms with Crippen LogP contribution in [0.25, 0.3) is 0 Å². The van der Waals surface area contributed by atoms with Gasteiger partial charge in [0.05, 0.1) is 0 Å². The van der Waals surface area contributed by atoms with Crippen LogP contribution in [-0.2, 0) is 0 Å². The summed E-state index contributed by atoms with van der Waals surface area (Å²) in [6.45, 7) is 4.16. The van der Waals surface area contributed by atoms with Gasteiger partial charge in [0.25, 0.3) is 0 Å². The maximum atomic E-state index is 5.19. The minimum absolute atomic E-state index is 1.03. The molecule has 50 valence electrons. The topological polar surface area (TPSA) is 38.0 Å². The van der Waals surface area contributed by atoms with Crippen molar-refractivity contribution in [3.63, 3.8) is 0 Å². The highest BCUT2D eigenvalue weighted by Crippen LogP contribution is 2.23. The Morgan fingerprint density at radius 2 is 2.22 bits per heavy atom. The molecule has 0 saturated carbocycles. The maximum Gasteiger partial charge on any atom is 0.103 e. The van der Waals surface area contributed by atoms with Gasteiger partial charge in [-0.25, -0.2) is 5.84 Å². The molecule has 0 bridgehead atoms. The van der Waals surface area contributed by atoms with Crippen molar-refractivity contribution in [2.24, 2.45) is 5.84 Å². The van der Waals surface area contributed by atoms with Gasteiger partial charge in [-0.3, -0.25) is 0 Å². The number of hydrogen-bond donors (Lipinski definition) is 2. The number of nitrogen functional groups attached to an aromatic ring is 1. The number of anilines is 1. The number of rotatable bonds is 1. The highest BCUT2D eigenvalue weighted by Gasteiger charge is 1.97. The quantitative estimate of drug-likeness (QED) is 0.462. The van der Waals surface area contributed by atoms with E-state index in [-0.39, 0.29) is 0 Å². The Hall–Kier alpha value is -0.540. The minimum atomic E-state index is 1.03. The standard InChI is InChI=1S/C6H10N2S/c1-4-3-6(8-7)9-5(4)2/h3,8H,7H2,1-2H3. The van der Waals surface area contributed by atoms with Crippen molar-refractivity contribution in [3.05, 3.63) is 16.5 Å². The van der Waals surface area contributed by atoms with Gasteiger partial charge in [0.15, 0.2) is 0 Å². The van der Waals surface area contributed by atoms with Crippen LogP contribution in [0.3, 0.4) is 0 Å². The zero-order valence-electron chi connectivity index (χ0n) is 5.56. The van der Waals surface area contributed by atoms with E-state index >= 15 is 0 Å². The molecule has 0 radical (unpaired) electrons. The highest BCUT2D eigenvalue weighted by atomic mass is 32.1. The Kier molecular flexibility index (Phi) is 1.73. The molecule has 0 aliphatic rings. The lowest BCUT2D eigenvalue weighted by molar-refractivity contribution is 1.37. The van der Waals surface area contributed by atoms with Crippen molar-refractivity contribution < 1.29 is 0 Å². The molecule has 0 aromatic carbocycles. The number of nitrogens with one attached hydrogen (secondary N) is 1. The number of aryl methyl sites for hydroxylation is 2. The van der Waals surface area contributed by atoms with Crippen LogP contribution in [0.2, 0.25) is 0 Å². The van der Waals surface area contributed by atoms with E-state index in [0.717, 1.165) is 5.00 Å². The van der Waals surface area contributed by atoms with Crippen molar-refractivity contribution in [2.45, 2.75) is 13.8 Å². The molecule has 1 heterocycles. The van der Waals surface area contributed by atoms with Gasteiger partial charge in [-0.2, -0.15) is 0 Å². The second-order valence-electron chi connectivity index (χ2n) is 1.99. The summed E-state index contributed by atoms with van der Waals surface area (Å²) >= 11 is 1.68. The van der Waals surface area contributed by atoms with E-state index in [1.165, 1.54) is 10.4 Å². The maximum absolute atomic E-state index is 5.19. The van der Waals surface area contributed by atoms with E-state index in [2.05, 4.69) is 19.3 Å². The highest BCUT2D eigenvalue weighted by molar-refractivity contribution is 7.16. The Balaban J connectivity index is 2.98. The van der Waals surface area contributed by atoms with E-state index in [9.17, 15) is 0 Å². The molecule has 0 unspecified atom stereocenters. The summed E-state index contributed by atoms with van der Waals surface area (Å²) in [6.07, 6.45) is 0. The Morgan fingerprint density at radius 3 is 2.44 bits per heavy atom. The predicted molar refractivity (Wildman–Crippen MR) is 41.6 cm³/mol. The molecular formula is C6H10N2S. The van der Waals surface area contributed by atoms with Gasteiger partial charge in [-0.1, -0.05) is 0 Å². The molecule has 3 heteroatoms. The van der Waals surface area contributed by atoms with Crippen molar-refractivity contribution >= 4 is 16.3 Å². The molecule has 0 amide bonds. The average Bonchev–Trinajstić information content (AvgIpc) is 2.13. The van der Waals surface area contributed by atoms with Crippen LogP contribution >= 0.6 is 11.3 Å². The first-order valence-electron chi connectivity index (χ1n) is 2.77. The first kappa shape index (κ1) is 6.58. The fourth-order valence-electron chi connectivity index (χ4n) is 0.644. The normalized spacial score (nSPS) is 9.67. The fourth-order valence-corrected chi connectivity index (χ4v) is 1.49. The average molecular weight is 142 g/mol. The molecule has 0 aliphatic carbocycles. The zero-order valence-corrected chi connectivity index (χ0v) is 6.38. The number of hydrazine groups is 1. The SMILES string of the molecule is Cc1cc(NN)sc1C. The summed E-state index contributed by atoms with van der Waals surface area (Å²) < 4.78 is 0. The molecule has 0 atom stereocenters. The van der Waals surface area contributed by atoms with Crippen LogP contribution in [-0.4, -0.2) is 0 Å². The predicted octanol–water partition coefficient (Wildman–Crippen LogP) is 1.65. The van der Waals surface area contributed by atoms with Gasteiger partial charge in [0.1, 0.15) is 5.00 Å². The van der Waals surface area contributed by atoms with E-state index < -0.39 is 0 Å². The second kappa shape index (κ2) is 2.37. The number of nitrogens with two attached hydrogens (primary N) is 1. The lowest BCUT2D eigenvalue weighted by Gasteiger charge is -1.87. The minimum Gasteiger partial charge on any atom is -0.315 e. The molecule has 1 aromatic rings. The molecular weight excluding hydrogens is 132 g/mol. The van der Waals surface area contributed by atoms with Crippen LogP contribution < -0.4 is 11.3 Å². The Labute approximate surface area is 58.7 Å². The summed E-state index contributed by atoms with van der Waals surface area (Å²) in [7, 11) is 0. The van der Waals surface area contributed by atoms with Gasteiger partial charge in [0.2, 0.25) is 0 Å². The van der Waals surface area contributed by atoms with Gasteiger partial charge >= 0.3 is 0 Å². The van der Waals surface area contributed by atoms with Gasteiger partial charge in [-0.15, -0.1) is 11.3 Å². The fraction of sp³-hybridized carbons (Fsp3) is 0.333. The van der Waals surface area contributed by atoms with Crippen LogP contribution in [0.4, 0.5) is 5.00 Å². The van der Waals surface area contributed by atoms with Crippen molar-refractivity contribution in [1.82, 2.24) is 0 Å². The van der Waals surface area contributed by atoms with Crippen LogP contribution in [0.5, 0.6) is 0 Å². The van der Waals surface area contributed by atoms with E-state index in [4.69, 9.17) is 5.84 Å². The third-order valence-corrected chi connectivity index (χ3v) is 2.39. The van der Waals surface area contributed by atoms with Crippen LogP contribution in [0.1, 0.15) is 10.4 Å². The monoisotopic (exact) mass is 142 g/mol. The molecule has 0 saturated heterocycles. The molecule has 2 nitrogen and oxygen atoms in total. The van der Waals surface area contributed by atoms with Gasteiger partial charge in [-0.05, 0) is 25.5 Å². The molecule has 1 rings (SSSR count). The molecule has 0 aliphatic heterocycles. The van der Waals surface area contributed by atoms with Gasteiger partial charge < -0.3 is 5.43 Å². The summed E-state index contributed by atoms with van der Waals surface area (Å²) in [6, 6.07) is 2.04. The lowest BCUT2D eigenvalue weighted by Crippen LogP contribution is -2.04. The van der Waals surface area contributed by atoms with Crippen molar-refractivity contribution in [3.8, 4) is 0 Å². The molecule has 0 fully saturated rings. The van der Waals surface area contributed by atoms with Gasteiger partial charge in [0, 0.05) is 4.88 Å². The lowest BCUT2D eigenvalue weighted by atomic mass is 10.3. The Bertz CT molecular complexity index is 185. The molecule has 0 spiro atoms. The van der Waals surface area contributed by atoms with Crippen LogP contribution in [0.15, 0.2) is 6.07 Å². The first-order chi connectivity index (χ1) is 4.24. The molecule has 3 N–H and O–H groups in total. The summed E-state index contributed by atoms with van der Waals surface area (Å²) in [4.78, 5) is 1.32. The third kappa shape index (κ3) is 1.23.